The molecule has 4 rings (SSSR count). The number of nitrogens with zero attached hydrogens (tertiary/aromatic N) is 3. The van der Waals surface area contributed by atoms with Crippen molar-refractivity contribution >= 4 is 28.2 Å². The van der Waals surface area contributed by atoms with Gasteiger partial charge in [-0.2, -0.15) is 0 Å². The summed E-state index contributed by atoms with van der Waals surface area (Å²) in [7, 11) is 0. The van der Waals surface area contributed by atoms with Gasteiger partial charge >= 0.3 is 5.97 Å². The molecule has 0 radical (unpaired) electrons. The van der Waals surface area contributed by atoms with Crippen molar-refractivity contribution in [3.8, 4) is 5.75 Å². The van der Waals surface area contributed by atoms with Gasteiger partial charge in [-0.3, -0.25) is 14.0 Å². The van der Waals surface area contributed by atoms with Gasteiger partial charge < -0.3 is 14.4 Å². The minimum absolute atomic E-state index is 0.0284. The molecule has 168 valence electrons. The monoisotopic (exact) mass is 455 g/mol. The quantitative estimate of drug-likeness (QED) is 0.530. The molecule has 2 unspecified atom stereocenters. The van der Waals surface area contributed by atoms with E-state index in [1.165, 1.54) is 21.8 Å². The maximum atomic E-state index is 12.6. The van der Waals surface area contributed by atoms with Gasteiger partial charge in [-0.05, 0) is 57.4 Å². The lowest BCUT2D eigenvalue weighted by atomic mass is 9.97. The van der Waals surface area contributed by atoms with Gasteiger partial charge in [-0.25, -0.2) is 9.78 Å². The minimum Gasteiger partial charge on any atom is -0.484 e. The average Bonchev–Trinajstić information content (AvgIpc) is 3.26. The Kier molecular flexibility index (Phi) is 6.55. The van der Waals surface area contributed by atoms with E-state index in [-0.39, 0.29) is 36.8 Å². The number of carbonyl (C=O) groups excluding carboxylic acids is 2. The molecule has 0 bridgehead atoms. The fourth-order valence-corrected chi connectivity index (χ4v) is 4.74. The zero-order chi connectivity index (χ0) is 22.7. The largest absolute Gasteiger partial charge is 0.484 e. The van der Waals surface area contributed by atoms with Crippen LogP contribution in [0.5, 0.6) is 5.75 Å². The second kappa shape index (κ2) is 9.52. The Morgan fingerprint density at radius 3 is 2.59 bits per heavy atom. The van der Waals surface area contributed by atoms with Crippen molar-refractivity contribution in [2.75, 3.05) is 6.61 Å². The molecule has 0 saturated carbocycles. The lowest BCUT2D eigenvalue weighted by molar-refractivity contribution is -0.139. The van der Waals surface area contributed by atoms with Crippen LogP contribution in [0.4, 0.5) is 0 Å². The number of hydrogen-bond donors (Lipinski definition) is 0. The van der Waals surface area contributed by atoms with Gasteiger partial charge in [0.15, 0.2) is 11.6 Å². The van der Waals surface area contributed by atoms with Crippen LogP contribution in [-0.4, -0.2) is 44.9 Å². The number of benzene rings is 1. The fourth-order valence-electron chi connectivity index (χ4n) is 4.00. The van der Waals surface area contributed by atoms with Crippen LogP contribution >= 0.6 is 11.3 Å². The second-order valence-corrected chi connectivity index (χ2v) is 8.83. The van der Waals surface area contributed by atoms with Gasteiger partial charge in [0.25, 0.3) is 11.5 Å². The van der Waals surface area contributed by atoms with Crippen LogP contribution in [0.2, 0.25) is 0 Å². The predicted octanol–water partition coefficient (Wildman–Crippen LogP) is 3.28. The topological polar surface area (TPSA) is 90.2 Å². The number of aromatic nitrogens is 2. The van der Waals surface area contributed by atoms with Crippen molar-refractivity contribution in [3.05, 3.63) is 63.5 Å². The summed E-state index contributed by atoms with van der Waals surface area (Å²) in [4.78, 5) is 43.7. The van der Waals surface area contributed by atoms with Crippen molar-refractivity contribution in [3.63, 3.8) is 0 Å². The van der Waals surface area contributed by atoms with Crippen LogP contribution in [-0.2, 0) is 16.1 Å². The molecule has 2 aromatic heterocycles. The molecule has 2 atom stereocenters. The van der Waals surface area contributed by atoms with Crippen LogP contribution in [0.3, 0.4) is 0 Å². The molecule has 1 fully saturated rings. The van der Waals surface area contributed by atoms with E-state index in [1.807, 2.05) is 4.90 Å². The number of piperidine rings is 1. The molecular formula is C23H25N3O5S. The predicted molar refractivity (Wildman–Crippen MR) is 120 cm³/mol. The van der Waals surface area contributed by atoms with E-state index in [9.17, 15) is 14.4 Å². The molecular weight excluding hydrogens is 430 g/mol. The van der Waals surface area contributed by atoms with Crippen molar-refractivity contribution in [1.82, 2.24) is 14.3 Å². The highest BCUT2D eigenvalue weighted by Gasteiger charge is 2.29. The van der Waals surface area contributed by atoms with Crippen molar-refractivity contribution in [1.29, 1.82) is 0 Å². The lowest BCUT2D eigenvalue weighted by Crippen LogP contribution is -2.49. The summed E-state index contributed by atoms with van der Waals surface area (Å²) < 4.78 is 12.4. The summed E-state index contributed by atoms with van der Waals surface area (Å²) >= 11 is 1.33. The maximum absolute atomic E-state index is 12.6. The number of ether oxygens (including phenoxy) is 2. The highest BCUT2D eigenvalue weighted by molar-refractivity contribution is 7.15. The molecule has 0 spiro atoms. The van der Waals surface area contributed by atoms with E-state index in [4.69, 9.17) is 9.47 Å². The van der Waals surface area contributed by atoms with Crippen LogP contribution in [0.15, 0.2) is 46.7 Å². The molecule has 3 heterocycles. The lowest BCUT2D eigenvalue weighted by Gasteiger charge is -2.38. The SMILES string of the molecule is CC1CCCC(C)N1C(=O)COc1ccc(C(=O)OCc2cc(=O)n3ccsc3n2)cc1. The first kappa shape index (κ1) is 22.0. The Hall–Kier alpha value is -3.20. The number of esters is 1. The Bertz CT molecular complexity index is 1160. The molecule has 32 heavy (non-hydrogen) atoms. The van der Waals surface area contributed by atoms with E-state index in [0.717, 1.165) is 19.3 Å². The number of hydrogen-bond acceptors (Lipinski definition) is 7. The van der Waals surface area contributed by atoms with Crippen LogP contribution in [0, 0.1) is 0 Å². The average molecular weight is 456 g/mol. The van der Waals surface area contributed by atoms with Gasteiger partial charge in [-0.1, -0.05) is 0 Å². The molecule has 8 nitrogen and oxygen atoms in total. The number of fused-ring (bicyclic) bond motifs is 1. The van der Waals surface area contributed by atoms with Crippen molar-refractivity contribution in [2.24, 2.45) is 0 Å². The zero-order valence-electron chi connectivity index (χ0n) is 18.0. The molecule has 1 saturated heterocycles. The third-order valence-electron chi connectivity index (χ3n) is 5.64. The van der Waals surface area contributed by atoms with E-state index < -0.39 is 5.97 Å². The molecule has 1 aliphatic rings. The van der Waals surface area contributed by atoms with E-state index in [0.29, 0.717) is 22.0 Å². The highest BCUT2D eigenvalue weighted by Crippen LogP contribution is 2.23. The van der Waals surface area contributed by atoms with Gasteiger partial charge in [0, 0.05) is 29.7 Å². The number of rotatable bonds is 6. The zero-order valence-corrected chi connectivity index (χ0v) is 18.8. The smallest absolute Gasteiger partial charge is 0.338 e. The van der Waals surface area contributed by atoms with Gasteiger partial charge in [0.1, 0.15) is 12.4 Å². The first-order valence-corrected chi connectivity index (χ1v) is 11.5. The molecule has 1 aromatic carbocycles. The number of thiazole rings is 1. The van der Waals surface area contributed by atoms with Gasteiger partial charge in [0.2, 0.25) is 0 Å². The Balaban J connectivity index is 1.31. The van der Waals surface area contributed by atoms with Crippen molar-refractivity contribution in [2.45, 2.75) is 51.8 Å². The summed E-state index contributed by atoms with van der Waals surface area (Å²) in [5.74, 6) is -0.0545. The summed E-state index contributed by atoms with van der Waals surface area (Å²) in [6.07, 6.45) is 4.81. The number of likely N-dealkylation sites (tertiary alicyclic amines) is 1. The standard InChI is InChI=1S/C23H25N3O5S/c1-15-4-3-5-16(2)26(15)21(28)14-30-19-8-6-17(7-9-19)22(29)31-13-18-12-20(27)25-10-11-32-23(25)24-18/h6-12,15-16H,3-5,13-14H2,1-2H3. The Morgan fingerprint density at radius 1 is 1.16 bits per heavy atom. The summed E-state index contributed by atoms with van der Waals surface area (Å²) in [6.45, 7) is 4.00. The molecule has 0 aliphatic carbocycles. The Morgan fingerprint density at radius 2 is 1.88 bits per heavy atom. The third kappa shape index (κ3) is 4.83. The normalized spacial score (nSPS) is 18.5. The second-order valence-electron chi connectivity index (χ2n) is 7.96. The van der Waals surface area contributed by atoms with Gasteiger partial charge in [0.05, 0.1) is 11.3 Å². The van der Waals surface area contributed by atoms with E-state index >= 15 is 0 Å². The Labute approximate surface area is 189 Å². The molecule has 3 aromatic rings. The van der Waals surface area contributed by atoms with E-state index in [2.05, 4.69) is 18.8 Å². The van der Waals surface area contributed by atoms with Crippen LogP contribution < -0.4 is 10.3 Å². The number of carbonyl (C=O) groups is 2. The first-order chi connectivity index (χ1) is 15.4. The van der Waals surface area contributed by atoms with Crippen LogP contribution in [0.1, 0.15) is 49.2 Å². The maximum Gasteiger partial charge on any atom is 0.338 e. The summed E-state index contributed by atoms with van der Waals surface area (Å²) in [6, 6.07) is 8.23. The molecule has 9 heteroatoms. The fraction of sp³-hybridized carbons (Fsp3) is 0.391. The summed E-state index contributed by atoms with van der Waals surface area (Å²) in [5, 5.41) is 1.77. The first-order valence-electron chi connectivity index (χ1n) is 10.6. The van der Waals surface area contributed by atoms with Crippen molar-refractivity contribution < 1.29 is 19.1 Å². The van der Waals surface area contributed by atoms with E-state index in [1.54, 1.807) is 35.8 Å². The third-order valence-corrected chi connectivity index (χ3v) is 6.40. The molecule has 1 aliphatic heterocycles. The minimum atomic E-state index is -0.531. The van der Waals surface area contributed by atoms with Gasteiger partial charge in [-0.15, -0.1) is 11.3 Å². The molecule has 0 N–H and O–H groups in total. The molecule has 1 amide bonds. The highest BCUT2D eigenvalue weighted by atomic mass is 32.1. The van der Waals surface area contributed by atoms with Crippen LogP contribution in [0.25, 0.3) is 4.96 Å². The summed E-state index contributed by atoms with van der Waals surface area (Å²) in [5.41, 5.74) is 0.521. The number of amides is 1.